The number of benzene rings is 2. The van der Waals surface area contributed by atoms with E-state index in [0.717, 1.165) is 24.9 Å². The molecular weight excluding hydrogens is 320 g/mol. The second kappa shape index (κ2) is 7.46. The highest BCUT2D eigenvalue weighted by atomic mass is 16.2. The van der Waals surface area contributed by atoms with Crippen LogP contribution < -0.4 is 4.90 Å². The summed E-state index contributed by atoms with van der Waals surface area (Å²) in [6.45, 7) is 0.738. The number of carbonyl (C=O) groups is 1. The van der Waals surface area contributed by atoms with Crippen LogP contribution in [0, 0.1) is 0 Å². The van der Waals surface area contributed by atoms with E-state index in [4.69, 9.17) is 0 Å². The molecule has 0 aromatic heterocycles. The summed E-state index contributed by atoms with van der Waals surface area (Å²) < 4.78 is 0. The summed E-state index contributed by atoms with van der Waals surface area (Å²) in [4.78, 5) is 16.9. The Kier molecular flexibility index (Phi) is 4.89. The van der Waals surface area contributed by atoms with Crippen molar-refractivity contribution >= 4 is 5.91 Å². The van der Waals surface area contributed by atoms with E-state index in [-0.39, 0.29) is 5.91 Å². The highest BCUT2D eigenvalue weighted by molar-refractivity contribution is 5.95. The predicted molar refractivity (Wildman–Crippen MR) is 104 cm³/mol. The summed E-state index contributed by atoms with van der Waals surface area (Å²) in [6, 6.07) is 21.4. The van der Waals surface area contributed by atoms with Gasteiger partial charge in [0.2, 0.25) is 0 Å². The number of nitrogens with one attached hydrogen (secondary N) is 1. The first-order valence-electron chi connectivity index (χ1n) is 9.67. The largest absolute Gasteiger partial charge is 0.329 e. The number of quaternary nitrogens is 1. The summed E-state index contributed by atoms with van der Waals surface area (Å²) in [5.74, 6) is 0.131. The Hall–Kier alpha value is -2.39. The molecule has 2 aromatic carbocycles. The average Bonchev–Trinajstić information content (AvgIpc) is 2.90. The molecule has 4 rings (SSSR count). The molecule has 1 N–H and O–H groups in total. The van der Waals surface area contributed by atoms with Crippen molar-refractivity contribution in [2.24, 2.45) is 0 Å². The Labute approximate surface area is 155 Å². The van der Waals surface area contributed by atoms with Crippen LogP contribution in [0.2, 0.25) is 0 Å². The van der Waals surface area contributed by atoms with Crippen LogP contribution in [0.3, 0.4) is 0 Å². The van der Waals surface area contributed by atoms with Gasteiger partial charge in [-0.1, -0.05) is 48.5 Å². The van der Waals surface area contributed by atoms with Crippen molar-refractivity contribution < 1.29 is 9.69 Å². The van der Waals surface area contributed by atoms with E-state index in [1.807, 2.05) is 41.3 Å². The Morgan fingerprint density at radius 2 is 1.73 bits per heavy atom. The van der Waals surface area contributed by atoms with Crippen LogP contribution in [0.4, 0.5) is 0 Å². The van der Waals surface area contributed by atoms with E-state index >= 15 is 0 Å². The number of hydrogen-bond donors (Lipinski definition) is 1. The minimum absolute atomic E-state index is 0.131. The normalized spacial score (nSPS) is 24.2. The third kappa shape index (κ3) is 3.45. The third-order valence-corrected chi connectivity index (χ3v) is 5.98. The molecule has 0 aliphatic carbocycles. The Bertz CT molecular complexity index is 784. The van der Waals surface area contributed by atoms with E-state index < -0.39 is 0 Å². The second-order valence-electron chi connectivity index (χ2n) is 7.55. The predicted octanol–water partition coefficient (Wildman–Crippen LogP) is 2.70. The topological polar surface area (TPSA) is 24.8 Å². The molecule has 3 unspecified atom stereocenters. The van der Waals surface area contributed by atoms with Gasteiger partial charge in [0.1, 0.15) is 6.04 Å². The van der Waals surface area contributed by atoms with Crippen LogP contribution in [-0.2, 0) is 6.42 Å². The molecule has 3 heteroatoms. The van der Waals surface area contributed by atoms with Gasteiger partial charge in [-0.15, -0.1) is 0 Å². The highest BCUT2D eigenvalue weighted by Gasteiger charge is 2.39. The fourth-order valence-corrected chi connectivity index (χ4v) is 4.37. The monoisotopic (exact) mass is 347 g/mol. The molecule has 1 saturated heterocycles. The number of fused-ring (bicyclic) bond motifs is 2. The van der Waals surface area contributed by atoms with Gasteiger partial charge in [0.25, 0.3) is 5.91 Å². The van der Waals surface area contributed by atoms with Gasteiger partial charge in [-0.2, -0.15) is 0 Å². The molecule has 3 atom stereocenters. The lowest BCUT2D eigenvalue weighted by atomic mass is 10.0. The molecular formula is C23H27N2O+. The van der Waals surface area contributed by atoms with E-state index in [9.17, 15) is 4.79 Å². The number of hydrogen-bond acceptors (Lipinski definition) is 1. The van der Waals surface area contributed by atoms with Gasteiger partial charge in [0, 0.05) is 37.1 Å². The third-order valence-electron chi connectivity index (χ3n) is 5.98. The molecule has 0 spiro atoms. The first-order valence-corrected chi connectivity index (χ1v) is 9.67. The maximum absolute atomic E-state index is 13.3. The molecule has 134 valence electrons. The number of nitrogens with zero attached hydrogens (tertiary/aromatic N) is 1. The lowest BCUT2D eigenvalue weighted by molar-refractivity contribution is -0.912. The first kappa shape index (κ1) is 17.0. The van der Waals surface area contributed by atoms with Gasteiger partial charge in [-0.3, -0.25) is 4.79 Å². The fourth-order valence-electron chi connectivity index (χ4n) is 4.37. The Morgan fingerprint density at radius 1 is 1.04 bits per heavy atom. The molecule has 2 aliphatic heterocycles. The standard InChI is InChI=1S/C23H26N2O/c1-24-20-12-13-21(24)17-22(16-20)25(15-14-18-8-4-2-5-9-18)23(26)19-10-6-3-7-11-19/h2-11,16,20-21H,12-15,17H2,1H3/p+1. The van der Waals surface area contributed by atoms with Crippen LogP contribution in [0.5, 0.6) is 0 Å². The number of amides is 1. The van der Waals surface area contributed by atoms with Gasteiger partial charge < -0.3 is 9.80 Å². The number of likely N-dealkylation sites (N-methyl/N-ethyl adjacent to an activating group) is 1. The van der Waals surface area contributed by atoms with Crippen LogP contribution in [0.25, 0.3) is 0 Å². The molecule has 2 aromatic rings. The van der Waals surface area contributed by atoms with Crippen molar-refractivity contribution in [1.82, 2.24) is 4.90 Å². The molecule has 1 fully saturated rings. The van der Waals surface area contributed by atoms with Crippen LogP contribution in [-0.4, -0.2) is 36.5 Å². The van der Waals surface area contributed by atoms with Gasteiger partial charge >= 0.3 is 0 Å². The molecule has 0 saturated carbocycles. The maximum atomic E-state index is 13.3. The lowest BCUT2D eigenvalue weighted by Crippen LogP contribution is -3.14. The first-order chi connectivity index (χ1) is 12.7. The maximum Gasteiger partial charge on any atom is 0.258 e. The SMILES string of the molecule is C[NH+]1C2C=C(N(CCc3ccccc3)C(=O)c3ccccc3)CC1CC2. The molecule has 0 radical (unpaired) electrons. The Balaban J connectivity index is 1.59. The minimum Gasteiger partial charge on any atom is -0.329 e. The zero-order chi connectivity index (χ0) is 17.9. The molecule has 26 heavy (non-hydrogen) atoms. The zero-order valence-electron chi connectivity index (χ0n) is 15.4. The quantitative estimate of drug-likeness (QED) is 0.884. The average molecular weight is 347 g/mol. The summed E-state index contributed by atoms with van der Waals surface area (Å²) in [6.07, 6.45) is 6.77. The highest BCUT2D eigenvalue weighted by Crippen LogP contribution is 2.26. The van der Waals surface area contributed by atoms with Crippen LogP contribution in [0.15, 0.2) is 72.4 Å². The van der Waals surface area contributed by atoms with E-state index in [0.29, 0.717) is 12.1 Å². The minimum atomic E-state index is 0.131. The van der Waals surface area contributed by atoms with E-state index in [1.54, 1.807) is 4.90 Å². The van der Waals surface area contributed by atoms with Crippen LogP contribution in [0.1, 0.15) is 35.2 Å². The van der Waals surface area contributed by atoms with Crippen LogP contribution >= 0.6 is 0 Å². The van der Waals surface area contributed by atoms with Crippen molar-refractivity contribution in [3.8, 4) is 0 Å². The number of carbonyl (C=O) groups excluding carboxylic acids is 1. The fraction of sp³-hybridized carbons (Fsp3) is 0.348. The Morgan fingerprint density at radius 3 is 2.42 bits per heavy atom. The van der Waals surface area contributed by atoms with Crippen molar-refractivity contribution in [2.45, 2.75) is 37.8 Å². The summed E-state index contributed by atoms with van der Waals surface area (Å²) >= 11 is 0. The lowest BCUT2D eigenvalue weighted by Gasteiger charge is -2.33. The summed E-state index contributed by atoms with van der Waals surface area (Å²) in [5.41, 5.74) is 3.29. The smallest absolute Gasteiger partial charge is 0.258 e. The van der Waals surface area contributed by atoms with E-state index in [2.05, 4.69) is 37.4 Å². The number of rotatable bonds is 5. The molecule has 2 bridgehead atoms. The molecule has 1 amide bonds. The van der Waals surface area contributed by atoms with Crippen molar-refractivity contribution in [3.63, 3.8) is 0 Å². The van der Waals surface area contributed by atoms with Gasteiger partial charge in [0.15, 0.2) is 0 Å². The summed E-state index contributed by atoms with van der Waals surface area (Å²) in [7, 11) is 2.29. The van der Waals surface area contributed by atoms with Crippen molar-refractivity contribution in [2.75, 3.05) is 13.6 Å². The van der Waals surface area contributed by atoms with Crippen molar-refractivity contribution in [1.29, 1.82) is 0 Å². The second-order valence-corrected chi connectivity index (χ2v) is 7.55. The van der Waals surface area contributed by atoms with Gasteiger partial charge in [-0.25, -0.2) is 0 Å². The zero-order valence-corrected chi connectivity index (χ0v) is 15.4. The van der Waals surface area contributed by atoms with E-state index in [1.165, 1.54) is 24.1 Å². The van der Waals surface area contributed by atoms with Gasteiger partial charge in [-0.05, 0) is 30.2 Å². The molecule has 2 aliphatic rings. The molecule has 2 heterocycles. The summed E-state index contributed by atoms with van der Waals surface area (Å²) in [5, 5.41) is 0. The molecule has 3 nitrogen and oxygen atoms in total. The van der Waals surface area contributed by atoms with Gasteiger partial charge in [0.05, 0.1) is 13.1 Å². The van der Waals surface area contributed by atoms with Crippen molar-refractivity contribution in [3.05, 3.63) is 83.6 Å².